The van der Waals surface area contributed by atoms with Crippen molar-refractivity contribution in [1.29, 1.82) is 0 Å². The SMILES string of the molecule is COCCc1cc2ccc3c(c2oc1=O)[C@@H]1OC(=O)C[C@@H](CCc2cccc(Cc4ccccc4)c2)Cc2ccc(cc2)CCC(=C(C)CO)C(=O)O[C@@H]1[C@](C)(C1CCCCC1)O3. The molecule has 330 valence electrons. The van der Waals surface area contributed by atoms with Gasteiger partial charge in [0.1, 0.15) is 16.9 Å². The summed E-state index contributed by atoms with van der Waals surface area (Å²) in [7, 11) is 1.58. The van der Waals surface area contributed by atoms with Crippen LogP contribution < -0.4 is 10.4 Å². The Balaban J connectivity index is 1.20. The molecule has 1 N–H and O–H groups in total. The number of rotatable bonds is 10. The Morgan fingerprint density at radius 3 is 2.30 bits per heavy atom. The quantitative estimate of drug-likeness (QED) is 0.0832. The summed E-state index contributed by atoms with van der Waals surface area (Å²) < 4.78 is 31.9. The lowest BCUT2D eigenvalue weighted by molar-refractivity contribution is -0.201. The third-order valence-corrected chi connectivity index (χ3v) is 13.7. The van der Waals surface area contributed by atoms with Gasteiger partial charge in [0.25, 0.3) is 0 Å². The molecular formula is C54H60O9. The molecule has 4 atom stereocenters. The maximum Gasteiger partial charge on any atom is 0.339 e. The lowest BCUT2D eigenvalue weighted by Gasteiger charge is -2.49. The van der Waals surface area contributed by atoms with Crippen molar-refractivity contribution in [3.63, 3.8) is 0 Å². The highest BCUT2D eigenvalue weighted by molar-refractivity contribution is 5.90. The van der Waals surface area contributed by atoms with Crippen molar-refractivity contribution in [2.75, 3.05) is 20.3 Å². The third-order valence-electron chi connectivity index (χ3n) is 13.7. The highest BCUT2D eigenvalue weighted by Gasteiger charge is 2.56. The molecule has 63 heavy (non-hydrogen) atoms. The molecule has 4 heterocycles. The van der Waals surface area contributed by atoms with Crippen LogP contribution in [0, 0.1) is 11.8 Å². The normalized spacial score (nSPS) is 23.0. The molecule has 5 aromatic rings. The number of hydrogen-bond donors (Lipinski definition) is 1. The van der Waals surface area contributed by atoms with Crippen LogP contribution in [0.4, 0.5) is 0 Å². The summed E-state index contributed by atoms with van der Waals surface area (Å²) in [5.41, 5.74) is 6.18. The fourth-order valence-corrected chi connectivity index (χ4v) is 10.0. The molecule has 4 aliphatic rings. The molecule has 4 aromatic carbocycles. The molecule has 0 saturated heterocycles. The standard InChI is InChI=1S/C54H60O9/c1-35(34-55)45-25-23-36-17-19-39(20-18-36)31-41(22-21-38-13-10-14-40(30-38)29-37-11-6-4-7-12-37)32-47(56)60-50-48-46(26-24-42-33-43(27-28-59-3)52(57)61-49(42)48)63-54(2,51(50)62-53(45)58)44-15-8-5-9-16-44/h4,6-7,10-14,17-20,24,26,30,33,41,44,50-51,55H,5,8-9,15-16,21-23,25,27-29,31-32,34H2,1-3H3/t41-,50-,51-,54-/m0/s1. The van der Waals surface area contributed by atoms with Gasteiger partial charge >= 0.3 is 17.6 Å². The van der Waals surface area contributed by atoms with Crippen molar-refractivity contribution in [2.45, 2.75) is 115 Å². The summed E-state index contributed by atoms with van der Waals surface area (Å²) in [5, 5.41) is 11.0. The molecule has 0 spiro atoms. The minimum Gasteiger partial charge on any atom is -0.483 e. The van der Waals surface area contributed by atoms with E-state index in [4.69, 9.17) is 23.4 Å². The molecular weight excluding hydrogens is 793 g/mol. The summed E-state index contributed by atoms with van der Waals surface area (Å²) in [5.74, 6) is -0.713. The maximum atomic E-state index is 14.8. The van der Waals surface area contributed by atoms with Crippen molar-refractivity contribution in [2.24, 2.45) is 11.8 Å². The van der Waals surface area contributed by atoms with Crippen LogP contribution >= 0.6 is 0 Å². The Bertz CT molecular complexity index is 2480. The van der Waals surface area contributed by atoms with Gasteiger partial charge in [-0.15, -0.1) is 0 Å². The van der Waals surface area contributed by atoms with Gasteiger partial charge in [0, 0.05) is 42.4 Å². The number of benzene rings is 4. The lowest BCUT2D eigenvalue weighted by atomic mass is 9.71. The number of carbonyl (C=O) groups is 2. The molecule has 1 fully saturated rings. The van der Waals surface area contributed by atoms with Gasteiger partial charge in [-0.2, -0.15) is 0 Å². The Kier molecular flexibility index (Phi) is 13.9. The number of esters is 2. The number of hydrogen-bond acceptors (Lipinski definition) is 9. The van der Waals surface area contributed by atoms with Gasteiger partial charge < -0.3 is 28.5 Å². The second-order valence-electron chi connectivity index (χ2n) is 18.1. The van der Waals surface area contributed by atoms with E-state index in [1.807, 2.05) is 25.1 Å². The Morgan fingerprint density at radius 2 is 1.54 bits per heavy atom. The molecule has 3 aliphatic heterocycles. The Labute approximate surface area is 370 Å². The number of aliphatic hydroxyl groups excluding tert-OH is 1. The lowest BCUT2D eigenvalue weighted by Crippen LogP contribution is -2.58. The van der Waals surface area contributed by atoms with E-state index in [0.29, 0.717) is 65.7 Å². The summed E-state index contributed by atoms with van der Waals surface area (Å²) >= 11 is 0. The van der Waals surface area contributed by atoms with Crippen LogP contribution in [0.2, 0.25) is 0 Å². The van der Waals surface area contributed by atoms with E-state index in [1.165, 1.54) is 16.7 Å². The van der Waals surface area contributed by atoms with Gasteiger partial charge in [-0.25, -0.2) is 9.59 Å². The van der Waals surface area contributed by atoms with E-state index in [9.17, 15) is 19.5 Å². The molecule has 0 unspecified atom stereocenters. The molecule has 0 amide bonds. The van der Waals surface area contributed by atoms with Crippen molar-refractivity contribution >= 4 is 22.9 Å². The largest absolute Gasteiger partial charge is 0.483 e. The second-order valence-corrected chi connectivity index (χ2v) is 18.1. The zero-order chi connectivity index (χ0) is 43.9. The zero-order valence-corrected chi connectivity index (χ0v) is 36.9. The van der Waals surface area contributed by atoms with Gasteiger partial charge in [-0.3, -0.25) is 4.79 Å². The summed E-state index contributed by atoms with van der Waals surface area (Å²) in [4.78, 5) is 43.0. The van der Waals surface area contributed by atoms with Crippen LogP contribution in [0.15, 0.2) is 117 Å². The Morgan fingerprint density at radius 1 is 0.794 bits per heavy atom. The fourth-order valence-electron chi connectivity index (χ4n) is 10.0. The minimum absolute atomic E-state index is 0.0298. The van der Waals surface area contributed by atoms with E-state index in [-0.39, 0.29) is 30.4 Å². The van der Waals surface area contributed by atoms with Crippen molar-refractivity contribution in [3.8, 4) is 5.75 Å². The van der Waals surface area contributed by atoms with Gasteiger partial charge in [0.05, 0.1) is 18.8 Å². The predicted molar refractivity (Wildman–Crippen MR) is 243 cm³/mol. The van der Waals surface area contributed by atoms with E-state index in [2.05, 4.69) is 72.8 Å². The number of fused-ring (bicyclic) bond motifs is 13. The maximum absolute atomic E-state index is 14.8. The monoisotopic (exact) mass is 852 g/mol. The van der Waals surface area contributed by atoms with E-state index in [1.54, 1.807) is 20.1 Å². The van der Waals surface area contributed by atoms with Crippen LogP contribution in [0.5, 0.6) is 5.75 Å². The van der Waals surface area contributed by atoms with Crippen molar-refractivity contribution < 1.29 is 38.1 Å². The van der Waals surface area contributed by atoms with Crippen LogP contribution in [0.3, 0.4) is 0 Å². The Hall–Kier alpha value is -5.51. The number of ether oxygens (including phenoxy) is 4. The highest BCUT2D eigenvalue weighted by atomic mass is 16.6. The van der Waals surface area contributed by atoms with Gasteiger partial charge in [0.15, 0.2) is 12.2 Å². The number of methoxy groups -OCH3 is 1. The molecule has 9 heteroatoms. The first-order valence-electron chi connectivity index (χ1n) is 22.8. The number of carbonyl (C=O) groups excluding carboxylic acids is 2. The van der Waals surface area contributed by atoms with Crippen LogP contribution in [-0.2, 0) is 55.9 Å². The molecule has 9 nitrogen and oxygen atoms in total. The molecule has 0 radical (unpaired) electrons. The van der Waals surface area contributed by atoms with Crippen LogP contribution in [-0.4, -0.2) is 49.1 Å². The van der Waals surface area contributed by atoms with Gasteiger partial charge in [-0.05, 0) is 123 Å². The summed E-state index contributed by atoms with van der Waals surface area (Å²) in [6.07, 6.45) is 6.89. The van der Waals surface area contributed by atoms with Crippen LogP contribution in [0.1, 0.15) is 110 Å². The average Bonchev–Trinajstić information content (AvgIpc) is 3.29. The highest BCUT2D eigenvalue weighted by Crippen LogP contribution is 2.52. The van der Waals surface area contributed by atoms with E-state index < -0.39 is 35.4 Å². The fraction of sp³-hybridized carbons (Fsp3) is 0.426. The molecule has 1 saturated carbocycles. The molecule has 1 aliphatic carbocycles. The predicted octanol–water partition coefficient (Wildman–Crippen LogP) is 9.94. The first-order chi connectivity index (χ1) is 30.6. The topological polar surface area (TPSA) is 122 Å². The van der Waals surface area contributed by atoms with E-state index in [0.717, 1.165) is 62.5 Å². The molecule has 1 aromatic heterocycles. The zero-order valence-electron chi connectivity index (χ0n) is 36.9. The van der Waals surface area contributed by atoms with Gasteiger partial charge in [0.2, 0.25) is 0 Å². The number of aliphatic hydroxyl groups is 1. The van der Waals surface area contributed by atoms with E-state index >= 15 is 0 Å². The average molecular weight is 853 g/mol. The summed E-state index contributed by atoms with van der Waals surface area (Å²) in [6, 6.07) is 33.0. The first kappa shape index (κ1) is 44.1. The third kappa shape index (κ3) is 10.2. The summed E-state index contributed by atoms with van der Waals surface area (Å²) in [6.45, 7) is 3.74. The van der Waals surface area contributed by atoms with Crippen molar-refractivity contribution in [1.82, 2.24) is 0 Å². The van der Waals surface area contributed by atoms with Crippen molar-refractivity contribution in [3.05, 3.63) is 158 Å². The smallest absolute Gasteiger partial charge is 0.339 e. The minimum atomic E-state index is -1.16. The van der Waals surface area contributed by atoms with Gasteiger partial charge in [-0.1, -0.05) is 98.1 Å². The van der Waals surface area contributed by atoms with Crippen LogP contribution in [0.25, 0.3) is 11.0 Å². The second kappa shape index (κ2) is 19.9. The first-order valence-corrected chi connectivity index (χ1v) is 22.8. The molecule has 9 rings (SSSR count). The molecule has 2 bridgehead atoms. The number of aryl methyl sites for hydroxylation is 2.